The van der Waals surface area contributed by atoms with E-state index in [1.165, 1.54) is 7.05 Å². The Morgan fingerprint density at radius 3 is 2.22 bits per heavy atom. The smallest absolute Gasteiger partial charge is 0.323 e. The summed E-state index contributed by atoms with van der Waals surface area (Å²) in [5, 5.41) is 18.8. The first-order valence-electron chi connectivity index (χ1n) is 2.23. The van der Waals surface area contributed by atoms with Crippen molar-refractivity contribution in [2.75, 3.05) is 13.7 Å². The lowest BCUT2D eigenvalue weighted by Gasteiger charge is -2.04. The van der Waals surface area contributed by atoms with Crippen LogP contribution in [0.2, 0.25) is 0 Å². The Hall–Kier alpha value is -0.320. The van der Waals surface area contributed by atoms with Crippen molar-refractivity contribution in [3.8, 4) is 0 Å². The molecule has 0 saturated heterocycles. The summed E-state index contributed by atoms with van der Waals surface area (Å²) in [6, 6.07) is -0.824. The first-order chi connectivity index (χ1) is 3.72. The van der Waals surface area contributed by atoms with Crippen LogP contribution in [0.15, 0.2) is 0 Å². The van der Waals surface area contributed by atoms with Gasteiger partial charge in [-0.05, 0) is 7.05 Å². The van der Waals surface area contributed by atoms with Gasteiger partial charge in [-0.1, -0.05) is 0 Å². The van der Waals surface area contributed by atoms with E-state index in [4.69, 9.17) is 10.2 Å². The van der Waals surface area contributed by atoms with Crippen LogP contribution in [0.3, 0.4) is 0 Å². The van der Waals surface area contributed by atoms with Crippen molar-refractivity contribution in [2.45, 2.75) is 6.04 Å². The van der Waals surface area contributed by atoms with Crippen molar-refractivity contribution in [1.82, 2.24) is 5.32 Å². The van der Waals surface area contributed by atoms with E-state index in [0.717, 1.165) is 0 Å². The van der Waals surface area contributed by atoms with Crippen LogP contribution in [0, 0.1) is 0 Å². The van der Waals surface area contributed by atoms with E-state index in [0.29, 0.717) is 0 Å². The molecule has 0 unspecified atom stereocenters. The lowest BCUT2D eigenvalue weighted by atomic mass is 10.3. The summed E-state index contributed by atoms with van der Waals surface area (Å²) in [7, 11) is 1.48. The van der Waals surface area contributed by atoms with Crippen molar-refractivity contribution in [3.05, 3.63) is 0 Å². The zero-order chi connectivity index (χ0) is 6.57. The van der Waals surface area contributed by atoms with E-state index in [9.17, 15) is 4.79 Å². The fraction of sp³-hybridized carbons (Fsp3) is 0.750. The van der Waals surface area contributed by atoms with Crippen LogP contribution in [-0.4, -0.2) is 35.9 Å². The second-order valence-electron chi connectivity index (χ2n) is 1.36. The minimum atomic E-state index is -1.03. The summed E-state index contributed by atoms with van der Waals surface area (Å²) in [6.45, 7) is -0.369. The number of aliphatic carboxylic acids is 1. The Bertz CT molecular complexity index is 83.9. The first-order valence-corrected chi connectivity index (χ1v) is 2.23. The van der Waals surface area contributed by atoms with Gasteiger partial charge in [-0.25, -0.2) is 0 Å². The summed E-state index contributed by atoms with van der Waals surface area (Å²) >= 11 is 0. The van der Waals surface area contributed by atoms with E-state index in [2.05, 4.69) is 5.32 Å². The van der Waals surface area contributed by atoms with Crippen LogP contribution < -0.4 is 5.32 Å². The maximum atomic E-state index is 9.94. The number of hydrogen-bond donors (Lipinski definition) is 3. The third kappa shape index (κ3) is 4.20. The zero-order valence-corrected chi connectivity index (χ0v) is 5.81. The van der Waals surface area contributed by atoms with Crippen LogP contribution in [0.25, 0.3) is 0 Å². The topological polar surface area (TPSA) is 69.6 Å². The molecule has 0 bridgehead atoms. The fourth-order valence-corrected chi connectivity index (χ4v) is 0.293. The highest BCUT2D eigenvalue weighted by Crippen LogP contribution is 1.76. The molecule has 0 radical (unpaired) electrons. The number of halogens is 1. The Labute approximate surface area is 59.3 Å². The molecule has 0 spiro atoms. The van der Waals surface area contributed by atoms with Gasteiger partial charge in [0.1, 0.15) is 6.04 Å². The molecule has 0 aliphatic rings. The highest BCUT2D eigenvalue weighted by atomic mass is 35.5. The van der Waals surface area contributed by atoms with Crippen molar-refractivity contribution in [2.24, 2.45) is 0 Å². The minimum absolute atomic E-state index is 0. The van der Waals surface area contributed by atoms with Gasteiger partial charge in [-0.3, -0.25) is 4.79 Å². The molecule has 0 saturated carbocycles. The maximum Gasteiger partial charge on any atom is 0.323 e. The van der Waals surface area contributed by atoms with E-state index in [-0.39, 0.29) is 19.0 Å². The zero-order valence-electron chi connectivity index (χ0n) is 5.00. The van der Waals surface area contributed by atoms with Crippen LogP contribution in [0.4, 0.5) is 0 Å². The fourth-order valence-electron chi connectivity index (χ4n) is 0.293. The predicted octanol–water partition coefficient (Wildman–Crippen LogP) is -0.927. The highest BCUT2D eigenvalue weighted by Gasteiger charge is 2.11. The van der Waals surface area contributed by atoms with Gasteiger partial charge in [0.2, 0.25) is 0 Å². The summed E-state index contributed by atoms with van der Waals surface area (Å²) in [5.41, 5.74) is 0. The summed E-state index contributed by atoms with van der Waals surface area (Å²) in [5.74, 6) is -1.03. The van der Waals surface area contributed by atoms with Gasteiger partial charge in [0.05, 0.1) is 6.61 Å². The molecule has 0 fully saturated rings. The van der Waals surface area contributed by atoms with Gasteiger partial charge in [0.25, 0.3) is 0 Å². The Kier molecular flexibility index (Phi) is 7.41. The SMILES string of the molecule is CN[C@@H](CO)C(=O)O.Cl. The van der Waals surface area contributed by atoms with Crippen molar-refractivity contribution in [3.63, 3.8) is 0 Å². The molecule has 0 amide bonds. The summed E-state index contributed by atoms with van der Waals surface area (Å²) < 4.78 is 0. The number of carbonyl (C=O) groups is 1. The molecule has 1 atom stereocenters. The van der Waals surface area contributed by atoms with Crippen LogP contribution in [0.5, 0.6) is 0 Å². The monoisotopic (exact) mass is 155 g/mol. The number of aliphatic hydroxyl groups is 1. The predicted molar refractivity (Wildman–Crippen MR) is 34.8 cm³/mol. The van der Waals surface area contributed by atoms with Gasteiger partial charge in [-0.15, -0.1) is 12.4 Å². The second-order valence-corrected chi connectivity index (χ2v) is 1.36. The summed E-state index contributed by atoms with van der Waals surface area (Å²) in [6.07, 6.45) is 0. The van der Waals surface area contributed by atoms with Crippen molar-refractivity contribution in [1.29, 1.82) is 0 Å². The first kappa shape index (κ1) is 11.5. The number of likely N-dealkylation sites (N-methyl/N-ethyl adjacent to an activating group) is 1. The molecule has 3 N–H and O–H groups in total. The standard InChI is InChI=1S/C4H9NO3.ClH/c1-5-3(2-6)4(7)8;/h3,5-6H,2H2,1H3,(H,7,8);1H/t3-;/m0./s1. The van der Waals surface area contributed by atoms with Gasteiger partial charge in [-0.2, -0.15) is 0 Å². The number of carboxylic acids is 1. The Morgan fingerprint density at radius 1 is 1.78 bits per heavy atom. The largest absolute Gasteiger partial charge is 0.480 e. The van der Waals surface area contributed by atoms with Crippen LogP contribution >= 0.6 is 12.4 Å². The molecule has 9 heavy (non-hydrogen) atoms. The molecule has 0 aromatic carbocycles. The van der Waals surface area contributed by atoms with Gasteiger partial charge in [0, 0.05) is 0 Å². The molecule has 0 rings (SSSR count). The average molecular weight is 156 g/mol. The third-order valence-corrected chi connectivity index (χ3v) is 0.829. The van der Waals surface area contributed by atoms with Crippen LogP contribution in [0.1, 0.15) is 0 Å². The lowest BCUT2D eigenvalue weighted by Crippen LogP contribution is -2.36. The third-order valence-electron chi connectivity index (χ3n) is 0.829. The van der Waals surface area contributed by atoms with Gasteiger partial charge >= 0.3 is 5.97 Å². The van der Waals surface area contributed by atoms with Crippen molar-refractivity contribution < 1.29 is 15.0 Å². The number of hydrogen-bond acceptors (Lipinski definition) is 3. The number of nitrogens with one attached hydrogen (secondary N) is 1. The molecule has 0 aromatic heterocycles. The molecule has 56 valence electrons. The average Bonchev–Trinajstić information content (AvgIpc) is 1.69. The van der Waals surface area contributed by atoms with Crippen LogP contribution in [-0.2, 0) is 4.79 Å². The summed E-state index contributed by atoms with van der Waals surface area (Å²) in [4.78, 5) is 9.94. The normalized spacial score (nSPS) is 11.8. The second kappa shape index (κ2) is 5.81. The number of rotatable bonds is 3. The molecule has 0 aromatic rings. The van der Waals surface area contributed by atoms with E-state index < -0.39 is 12.0 Å². The Morgan fingerprint density at radius 2 is 2.22 bits per heavy atom. The molecule has 5 heteroatoms. The van der Waals surface area contributed by atoms with Crippen molar-refractivity contribution >= 4 is 18.4 Å². The minimum Gasteiger partial charge on any atom is -0.480 e. The molecule has 0 aliphatic heterocycles. The van der Waals surface area contributed by atoms with Gasteiger partial charge < -0.3 is 15.5 Å². The molecular formula is C4H10ClNO3. The van der Waals surface area contributed by atoms with E-state index in [1.54, 1.807) is 0 Å². The Balaban J connectivity index is 0. The van der Waals surface area contributed by atoms with Gasteiger partial charge in [0.15, 0.2) is 0 Å². The van der Waals surface area contributed by atoms with E-state index >= 15 is 0 Å². The lowest BCUT2D eigenvalue weighted by molar-refractivity contribution is -0.140. The number of aliphatic hydroxyl groups excluding tert-OH is 1. The maximum absolute atomic E-state index is 9.94. The molecule has 0 heterocycles. The van der Waals surface area contributed by atoms with E-state index in [1.807, 2.05) is 0 Å². The molecule has 0 aliphatic carbocycles. The molecular weight excluding hydrogens is 146 g/mol. The molecule has 4 nitrogen and oxygen atoms in total. The quantitative estimate of drug-likeness (QED) is 0.493. The highest BCUT2D eigenvalue weighted by molar-refractivity contribution is 5.85. The number of carboxylic acid groups (broad SMARTS) is 1.